The van der Waals surface area contributed by atoms with E-state index >= 15 is 0 Å². The lowest BCUT2D eigenvalue weighted by Crippen LogP contribution is -2.41. The van der Waals surface area contributed by atoms with Gasteiger partial charge in [0.2, 0.25) is 0 Å². The van der Waals surface area contributed by atoms with Crippen molar-refractivity contribution >= 4 is 5.97 Å². The summed E-state index contributed by atoms with van der Waals surface area (Å²) in [4.78, 5) is 12.2. The quantitative estimate of drug-likeness (QED) is 0.780. The van der Waals surface area contributed by atoms with Crippen LogP contribution in [0, 0.1) is 11.8 Å². The van der Waals surface area contributed by atoms with E-state index in [0.29, 0.717) is 6.61 Å². The molecule has 0 spiro atoms. The molecule has 0 aliphatic rings. The third kappa shape index (κ3) is 4.31. The van der Waals surface area contributed by atoms with Crippen molar-refractivity contribution < 1.29 is 14.6 Å². The van der Waals surface area contributed by atoms with Gasteiger partial charge in [-0.15, -0.1) is 0 Å². The van der Waals surface area contributed by atoms with Crippen LogP contribution in [0.3, 0.4) is 0 Å². The Morgan fingerprint density at radius 2 is 1.81 bits per heavy atom. The lowest BCUT2D eigenvalue weighted by atomic mass is 9.76. The molecule has 0 saturated carbocycles. The average Bonchev–Trinajstić information content (AvgIpc) is 2.39. The van der Waals surface area contributed by atoms with Gasteiger partial charge in [0.15, 0.2) is 0 Å². The predicted molar refractivity (Wildman–Crippen MR) is 85.0 cm³/mol. The zero-order chi connectivity index (χ0) is 16.0. The summed E-state index contributed by atoms with van der Waals surface area (Å²) in [5.74, 6) is -0.918. The second-order valence-corrected chi connectivity index (χ2v) is 6.07. The van der Waals surface area contributed by atoms with Crippen LogP contribution in [0.2, 0.25) is 0 Å². The molecule has 0 fully saturated rings. The molecule has 1 aromatic rings. The number of benzene rings is 1. The van der Waals surface area contributed by atoms with Crippen LogP contribution in [-0.2, 0) is 21.6 Å². The number of carbonyl (C=O) groups is 1. The van der Waals surface area contributed by atoms with Gasteiger partial charge in [0.1, 0.15) is 5.60 Å². The Morgan fingerprint density at radius 1 is 1.24 bits per heavy atom. The minimum atomic E-state index is -1.23. The number of hydrogen-bond acceptors (Lipinski definition) is 3. The molecule has 2 atom stereocenters. The molecule has 1 N–H and O–H groups in total. The maximum atomic E-state index is 12.2. The van der Waals surface area contributed by atoms with E-state index in [-0.39, 0.29) is 11.9 Å². The van der Waals surface area contributed by atoms with Crippen LogP contribution in [0.1, 0.15) is 52.2 Å². The molecular formula is C18H28O3. The van der Waals surface area contributed by atoms with Gasteiger partial charge in [-0.2, -0.15) is 0 Å². The van der Waals surface area contributed by atoms with Crippen molar-refractivity contribution in [3.63, 3.8) is 0 Å². The molecule has 0 aliphatic carbocycles. The van der Waals surface area contributed by atoms with Gasteiger partial charge in [-0.3, -0.25) is 4.79 Å². The Bertz CT molecular complexity index is 446. The number of ether oxygens (including phenoxy) is 1. The topological polar surface area (TPSA) is 46.5 Å². The number of rotatable bonds is 7. The van der Waals surface area contributed by atoms with Gasteiger partial charge in [0.25, 0.3) is 0 Å². The van der Waals surface area contributed by atoms with Crippen molar-refractivity contribution in [2.75, 3.05) is 6.61 Å². The van der Waals surface area contributed by atoms with E-state index in [4.69, 9.17) is 4.74 Å². The summed E-state index contributed by atoms with van der Waals surface area (Å²) in [7, 11) is 0. The molecule has 0 amide bonds. The minimum absolute atomic E-state index is 0.00521. The fraction of sp³-hybridized carbons (Fsp3) is 0.611. The van der Waals surface area contributed by atoms with Gasteiger partial charge in [-0.1, -0.05) is 51.5 Å². The molecule has 0 saturated heterocycles. The second-order valence-electron chi connectivity index (χ2n) is 6.07. The minimum Gasteiger partial charge on any atom is -0.466 e. The Balaban J connectivity index is 3.06. The van der Waals surface area contributed by atoms with Crippen LogP contribution in [-0.4, -0.2) is 17.7 Å². The summed E-state index contributed by atoms with van der Waals surface area (Å²) >= 11 is 0. The fourth-order valence-electron chi connectivity index (χ4n) is 2.86. The van der Waals surface area contributed by atoms with Crippen molar-refractivity contribution in [2.24, 2.45) is 11.8 Å². The lowest BCUT2D eigenvalue weighted by molar-refractivity contribution is -0.161. The normalized spacial score (nSPS) is 15.6. The highest BCUT2D eigenvalue weighted by atomic mass is 16.5. The predicted octanol–water partition coefficient (Wildman–Crippen LogP) is 3.68. The SMILES string of the molecule is CCCc1ccc(C(C)(O)C(C(=O)OCC)C(C)C)cc1. The first kappa shape index (κ1) is 17.7. The van der Waals surface area contributed by atoms with Crippen molar-refractivity contribution in [1.82, 2.24) is 0 Å². The highest BCUT2D eigenvalue weighted by Gasteiger charge is 2.41. The largest absolute Gasteiger partial charge is 0.466 e. The smallest absolute Gasteiger partial charge is 0.312 e. The van der Waals surface area contributed by atoms with Gasteiger partial charge in [0.05, 0.1) is 12.5 Å². The summed E-state index contributed by atoms with van der Waals surface area (Å²) in [6.45, 7) is 9.81. The number of esters is 1. The number of carbonyl (C=O) groups excluding carboxylic acids is 1. The Kier molecular flexibility index (Phi) is 6.41. The van der Waals surface area contributed by atoms with E-state index in [1.807, 2.05) is 38.1 Å². The third-order valence-electron chi connectivity index (χ3n) is 3.89. The Hall–Kier alpha value is -1.35. The monoisotopic (exact) mass is 292 g/mol. The van der Waals surface area contributed by atoms with Crippen LogP contribution in [0.4, 0.5) is 0 Å². The molecule has 0 heterocycles. The van der Waals surface area contributed by atoms with E-state index in [2.05, 4.69) is 6.92 Å². The molecule has 0 bridgehead atoms. The Morgan fingerprint density at radius 3 is 2.24 bits per heavy atom. The molecule has 3 heteroatoms. The van der Waals surface area contributed by atoms with Crippen LogP contribution in [0.5, 0.6) is 0 Å². The molecule has 2 unspecified atom stereocenters. The van der Waals surface area contributed by atoms with E-state index in [9.17, 15) is 9.90 Å². The molecule has 1 aromatic carbocycles. The van der Waals surface area contributed by atoms with E-state index < -0.39 is 11.5 Å². The van der Waals surface area contributed by atoms with E-state index in [1.54, 1.807) is 13.8 Å². The first-order chi connectivity index (χ1) is 9.84. The van der Waals surface area contributed by atoms with Gasteiger partial charge in [-0.25, -0.2) is 0 Å². The molecule has 3 nitrogen and oxygen atoms in total. The first-order valence-corrected chi connectivity index (χ1v) is 7.83. The third-order valence-corrected chi connectivity index (χ3v) is 3.89. The van der Waals surface area contributed by atoms with Gasteiger partial charge in [0, 0.05) is 0 Å². The zero-order valence-electron chi connectivity index (χ0n) is 13.8. The standard InChI is InChI=1S/C18H28O3/c1-6-8-14-9-11-15(12-10-14)18(5,20)16(13(3)4)17(19)21-7-2/h9-13,16,20H,6-8H2,1-5H3. The zero-order valence-corrected chi connectivity index (χ0v) is 13.8. The molecule has 21 heavy (non-hydrogen) atoms. The molecule has 0 aliphatic heterocycles. The maximum Gasteiger partial charge on any atom is 0.312 e. The summed E-state index contributed by atoms with van der Waals surface area (Å²) in [6, 6.07) is 7.88. The highest BCUT2D eigenvalue weighted by Crippen LogP contribution is 2.35. The van der Waals surface area contributed by atoms with Gasteiger partial charge in [-0.05, 0) is 37.3 Å². The highest BCUT2D eigenvalue weighted by molar-refractivity contribution is 5.74. The lowest BCUT2D eigenvalue weighted by Gasteiger charge is -2.34. The van der Waals surface area contributed by atoms with Crippen molar-refractivity contribution in [2.45, 2.75) is 53.1 Å². The number of hydrogen-bond donors (Lipinski definition) is 1. The molecule has 0 radical (unpaired) electrons. The summed E-state index contributed by atoms with van der Waals surface area (Å²) in [6.07, 6.45) is 2.11. The van der Waals surface area contributed by atoms with Crippen molar-refractivity contribution in [3.8, 4) is 0 Å². The van der Waals surface area contributed by atoms with Crippen LogP contribution in [0.15, 0.2) is 24.3 Å². The van der Waals surface area contributed by atoms with E-state index in [1.165, 1.54) is 5.56 Å². The second kappa shape index (κ2) is 7.60. The Labute approximate surface area is 128 Å². The van der Waals surface area contributed by atoms with Crippen molar-refractivity contribution in [1.29, 1.82) is 0 Å². The number of aliphatic hydroxyl groups is 1. The number of aryl methyl sites for hydroxylation is 1. The van der Waals surface area contributed by atoms with Gasteiger partial charge >= 0.3 is 5.97 Å². The average molecular weight is 292 g/mol. The van der Waals surface area contributed by atoms with E-state index in [0.717, 1.165) is 18.4 Å². The summed E-state index contributed by atoms with van der Waals surface area (Å²) < 4.78 is 5.14. The molecular weight excluding hydrogens is 264 g/mol. The van der Waals surface area contributed by atoms with Gasteiger partial charge < -0.3 is 9.84 Å². The fourth-order valence-corrected chi connectivity index (χ4v) is 2.86. The first-order valence-electron chi connectivity index (χ1n) is 7.83. The summed E-state index contributed by atoms with van der Waals surface area (Å²) in [5, 5.41) is 10.9. The van der Waals surface area contributed by atoms with Crippen LogP contribution < -0.4 is 0 Å². The maximum absolute atomic E-state index is 12.2. The molecule has 118 valence electrons. The summed E-state index contributed by atoms with van der Waals surface area (Å²) in [5.41, 5.74) is 0.772. The molecule has 1 rings (SSSR count). The van der Waals surface area contributed by atoms with Crippen LogP contribution >= 0.6 is 0 Å². The van der Waals surface area contributed by atoms with Crippen LogP contribution in [0.25, 0.3) is 0 Å². The van der Waals surface area contributed by atoms with Crippen molar-refractivity contribution in [3.05, 3.63) is 35.4 Å². The molecule has 0 aromatic heterocycles.